The summed E-state index contributed by atoms with van der Waals surface area (Å²) in [5.41, 5.74) is 8.89. The van der Waals surface area contributed by atoms with Crippen LogP contribution in [0.15, 0.2) is 84.1 Å². The highest BCUT2D eigenvalue weighted by atomic mass is 16.2. The molecule has 2 fully saturated rings. The van der Waals surface area contributed by atoms with E-state index >= 15 is 0 Å². The Labute approximate surface area is 305 Å². The zero-order chi connectivity index (χ0) is 36.4. The van der Waals surface area contributed by atoms with Crippen LogP contribution in [0, 0.1) is 11.3 Å². The topological polar surface area (TPSA) is 93.8 Å². The smallest absolute Gasteiger partial charge is 0.240 e. The number of aryl methyl sites for hydroxylation is 1. The highest BCUT2D eigenvalue weighted by Crippen LogP contribution is 2.22. The maximum absolute atomic E-state index is 12.2. The van der Waals surface area contributed by atoms with Gasteiger partial charge in [0.05, 0.1) is 6.21 Å². The van der Waals surface area contributed by atoms with Gasteiger partial charge in [-0.15, -0.1) is 0 Å². The lowest BCUT2D eigenvalue weighted by Gasteiger charge is -2.28. The first-order valence-electron chi connectivity index (χ1n) is 18.9. The van der Waals surface area contributed by atoms with Gasteiger partial charge in [-0.3, -0.25) is 9.59 Å². The molecule has 0 atom stereocenters. The lowest BCUT2D eigenvalue weighted by atomic mass is 10.1. The van der Waals surface area contributed by atoms with E-state index in [4.69, 9.17) is 5.41 Å². The van der Waals surface area contributed by atoms with Gasteiger partial charge in [0.25, 0.3) is 0 Å². The Hall–Kier alpha value is -4.72. The Morgan fingerprint density at radius 1 is 0.824 bits per heavy atom. The van der Waals surface area contributed by atoms with Gasteiger partial charge in [0, 0.05) is 79.4 Å². The third-order valence-corrected chi connectivity index (χ3v) is 9.55. The summed E-state index contributed by atoms with van der Waals surface area (Å²) in [5, 5.41) is 12.4. The number of fused-ring (bicyclic) bond motifs is 1. The van der Waals surface area contributed by atoms with Crippen LogP contribution in [-0.2, 0) is 11.3 Å². The first-order chi connectivity index (χ1) is 24.8. The third-order valence-electron chi connectivity index (χ3n) is 9.55. The number of piperidine rings is 2. The third kappa shape index (κ3) is 12.8. The molecule has 8 heteroatoms. The van der Waals surface area contributed by atoms with Crippen molar-refractivity contribution in [3.05, 3.63) is 95.7 Å². The van der Waals surface area contributed by atoms with Crippen molar-refractivity contribution >= 4 is 46.4 Å². The SMILES string of the molecule is CC(=O)c1ccc2c(ccn2CCCC(=O)N/N=C/c2cccc(N3CCCCC3)c2)c1.CCC(C)C.N=Cc1cccc(N2CCCCC2)c1. The molecule has 1 aromatic heterocycles. The van der Waals surface area contributed by atoms with E-state index in [1.165, 1.54) is 75.6 Å². The van der Waals surface area contributed by atoms with Crippen molar-refractivity contribution in [3.63, 3.8) is 0 Å². The molecule has 2 saturated heterocycles. The van der Waals surface area contributed by atoms with Gasteiger partial charge in [0.1, 0.15) is 0 Å². The molecule has 3 aromatic carbocycles. The highest BCUT2D eigenvalue weighted by molar-refractivity contribution is 5.98. The fourth-order valence-corrected chi connectivity index (χ4v) is 6.18. The number of ketones is 1. The van der Waals surface area contributed by atoms with Crippen LogP contribution in [0.1, 0.15) is 107 Å². The number of hydrogen-bond acceptors (Lipinski definition) is 6. The van der Waals surface area contributed by atoms with Gasteiger partial charge in [-0.2, -0.15) is 5.10 Å². The highest BCUT2D eigenvalue weighted by Gasteiger charge is 2.12. The zero-order valence-electron chi connectivity index (χ0n) is 31.2. The lowest BCUT2D eigenvalue weighted by molar-refractivity contribution is -0.121. The summed E-state index contributed by atoms with van der Waals surface area (Å²) in [7, 11) is 0. The van der Waals surface area contributed by atoms with Crippen LogP contribution in [0.2, 0.25) is 0 Å². The van der Waals surface area contributed by atoms with Crippen molar-refractivity contribution in [2.24, 2.45) is 11.0 Å². The van der Waals surface area contributed by atoms with Crippen LogP contribution in [-0.4, -0.2) is 54.9 Å². The summed E-state index contributed by atoms with van der Waals surface area (Å²) in [5.74, 6) is 0.855. The summed E-state index contributed by atoms with van der Waals surface area (Å²) in [6, 6.07) is 24.3. The summed E-state index contributed by atoms with van der Waals surface area (Å²) >= 11 is 0. The zero-order valence-corrected chi connectivity index (χ0v) is 31.2. The van der Waals surface area contributed by atoms with Crippen molar-refractivity contribution in [1.82, 2.24) is 9.99 Å². The minimum absolute atomic E-state index is 0.0649. The Morgan fingerprint density at radius 3 is 1.98 bits per heavy atom. The summed E-state index contributed by atoms with van der Waals surface area (Å²) in [6.07, 6.45) is 15.3. The minimum Gasteiger partial charge on any atom is -0.372 e. The minimum atomic E-state index is -0.0937. The number of Topliss-reactive ketones (excluding diaryl/α,β-unsaturated/α-hetero) is 1. The Bertz CT molecular complexity index is 1710. The molecule has 0 unspecified atom stereocenters. The van der Waals surface area contributed by atoms with Crippen LogP contribution in [0.4, 0.5) is 11.4 Å². The van der Waals surface area contributed by atoms with E-state index in [1.54, 1.807) is 13.1 Å². The van der Waals surface area contributed by atoms with Gasteiger partial charge in [-0.05, 0) is 117 Å². The van der Waals surface area contributed by atoms with E-state index < -0.39 is 0 Å². The van der Waals surface area contributed by atoms with Gasteiger partial charge >= 0.3 is 0 Å². The maximum atomic E-state index is 12.2. The molecule has 0 saturated carbocycles. The molecular weight excluding hydrogens is 633 g/mol. The molecule has 0 aliphatic carbocycles. The molecule has 0 spiro atoms. The number of hydrazone groups is 1. The number of nitrogens with zero attached hydrogens (tertiary/aromatic N) is 4. The van der Waals surface area contributed by atoms with Crippen molar-refractivity contribution in [2.75, 3.05) is 36.0 Å². The van der Waals surface area contributed by atoms with Crippen LogP contribution in [0.5, 0.6) is 0 Å². The van der Waals surface area contributed by atoms with Gasteiger partial charge in [-0.25, -0.2) is 5.43 Å². The van der Waals surface area contributed by atoms with Gasteiger partial charge in [0.15, 0.2) is 5.78 Å². The number of carbonyl (C=O) groups is 2. The maximum Gasteiger partial charge on any atom is 0.240 e. The quantitative estimate of drug-likeness (QED) is 0.0932. The molecule has 2 aliphatic heterocycles. The number of hydrogen-bond donors (Lipinski definition) is 2. The summed E-state index contributed by atoms with van der Waals surface area (Å²) in [4.78, 5) is 28.5. The summed E-state index contributed by atoms with van der Waals surface area (Å²) in [6.45, 7) is 13.5. The Morgan fingerprint density at radius 2 is 1.41 bits per heavy atom. The van der Waals surface area contributed by atoms with E-state index in [0.29, 0.717) is 18.4 Å². The first-order valence-corrected chi connectivity index (χ1v) is 18.9. The second kappa shape index (κ2) is 20.8. The monoisotopic (exact) mass is 690 g/mol. The fraction of sp³-hybridized carbons (Fsp3) is 0.442. The van der Waals surface area contributed by atoms with Gasteiger partial charge < -0.3 is 19.8 Å². The predicted octanol–water partition coefficient (Wildman–Crippen LogP) is 9.49. The molecule has 272 valence electrons. The number of amides is 1. The number of nitrogens with one attached hydrogen (secondary N) is 2. The molecule has 2 aliphatic rings. The standard InChI is InChI=1S/C26H30N4O2.C12H16N2.C5H12/c1-20(31)22-10-11-25-23(18-22)12-16-30(25)15-6-9-26(32)28-27-19-21-7-5-8-24(17-21)29-13-3-2-4-14-29;13-10-11-5-4-6-12(9-11)14-7-2-1-3-8-14;1-4-5(2)3/h5,7-8,10-12,16-19H,2-4,6,9,13-15H2,1H3,(H,28,32);4-6,9-10,13H,1-3,7-8H2;5H,4H2,1-3H3/b27-19+;;. The largest absolute Gasteiger partial charge is 0.372 e. The van der Waals surface area contributed by atoms with E-state index in [-0.39, 0.29) is 11.7 Å². The molecule has 0 radical (unpaired) electrons. The van der Waals surface area contributed by atoms with Crippen LogP contribution >= 0.6 is 0 Å². The second-order valence-electron chi connectivity index (χ2n) is 14.0. The van der Waals surface area contributed by atoms with Crippen molar-refractivity contribution in [2.45, 2.75) is 92.0 Å². The van der Waals surface area contributed by atoms with Crippen LogP contribution < -0.4 is 15.2 Å². The Balaban J connectivity index is 0.000000252. The number of anilines is 2. The molecule has 4 aromatic rings. The second-order valence-corrected chi connectivity index (χ2v) is 14.0. The van der Waals surface area contributed by atoms with Crippen LogP contribution in [0.25, 0.3) is 10.9 Å². The van der Waals surface area contributed by atoms with Crippen molar-refractivity contribution in [3.8, 4) is 0 Å². The predicted molar refractivity (Wildman–Crippen MR) is 215 cm³/mol. The van der Waals surface area contributed by atoms with Gasteiger partial charge in [0.2, 0.25) is 5.91 Å². The lowest BCUT2D eigenvalue weighted by Crippen LogP contribution is -2.29. The fourth-order valence-electron chi connectivity index (χ4n) is 6.18. The average Bonchev–Trinajstić information content (AvgIpc) is 3.58. The van der Waals surface area contributed by atoms with E-state index in [9.17, 15) is 9.59 Å². The van der Waals surface area contributed by atoms with E-state index in [0.717, 1.165) is 47.6 Å². The molecular formula is C43H58N6O2. The molecule has 6 rings (SSSR count). The number of carbonyl (C=O) groups excluding carboxylic acids is 2. The number of rotatable bonds is 11. The van der Waals surface area contributed by atoms with Gasteiger partial charge in [-0.1, -0.05) is 51.5 Å². The van der Waals surface area contributed by atoms with Crippen LogP contribution in [0.3, 0.4) is 0 Å². The normalized spacial score (nSPS) is 14.5. The molecule has 3 heterocycles. The molecule has 0 bridgehead atoms. The van der Waals surface area contributed by atoms with Crippen molar-refractivity contribution < 1.29 is 9.59 Å². The summed E-state index contributed by atoms with van der Waals surface area (Å²) < 4.78 is 2.11. The number of benzene rings is 3. The first kappa shape index (κ1) is 39.1. The van der Waals surface area contributed by atoms with E-state index in [2.05, 4.69) is 69.9 Å². The van der Waals surface area contributed by atoms with E-state index in [1.807, 2.05) is 54.7 Å². The molecule has 8 nitrogen and oxygen atoms in total. The molecule has 2 N–H and O–H groups in total. The average molecular weight is 691 g/mol. The van der Waals surface area contributed by atoms with Crippen molar-refractivity contribution in [1.29, 1.82) is 5.41 Å². The Kier molecular flexibility index (Phi) is 16.0. The number of aromatic nitrogens is 1. The molecule has 51 heavy (non-hydrogen) atoms. The molecule has 1 amide bonds.